The van der Waals surface area contributed by atoms with Gasteiger partial charge < -0.3 is 19.9 Å². The molecular formula is C16H19N5O2. The molecule has 1 saturated carbocycles. The highest BCUT2D eigenvalue weighted by molar-refractivity contribution is 5.85. The number of para-hydroxylation sites is 1. The summed E-state index contributed by atoms with van der Waals surface area (Å²) in [5, 5.41) is 11.9. The van der Waals surface area contributed by atoms with Gasteiger partial charge in [0.25, 0.3) is 5.89 Å². The summed E-state index contributed by atoms with van der Waals surface area (Å²) in [6.07, 6.45) is 3.30. The van der Waals surface area contributed by atoms with Crippen molar-refractivity contribution in [3.05, 3.63) is 41.6 Å². The number of nitrogens with two attached hydrogens (primary N) is 1. The predicted molar refractivity (Wildman–Crippen MR) is 85.0 cm³/mol. The molecule has 1 aliphatic heterocycles. The van der Waals surface area contributed by atoms with Gasteiger partial charge in [-0.3, -0.25) is 0 Å². The van der Waals surface area contributed by atoms with E-state index in [4.69, 9.17) is 15.0 Å². The predicted octanol–water partition coefficient (Wildman–Crippen LogP) is 1.80. The third-order valence-electron chi connectivity index (χ3n) is 4.12. The number of aromatic nitrogens is 2. The smallest absolute Gasteiger partial charge is 0.256 e. The van der Waals surface area contributed by atoms with Crippen molar-refractivity contribution in [1.29, 1.82) is 0 Å². The Labute approximate surface area is 134 Å². The Morgan fingerprint density at radius 1 is 1.35 bits per heavy atom. The molecule has 1 aromatic carbocycles. The molecule has 0 unspecified atom stereocenters. The van der Waals surface area contributed by atoms with Crippen molar-refractivity contribution in [2.24, 2.45) is 10.9 Å². The Morgan fingerprint density at radius 2 is 2.22 bits per heavy atom. The Morgan fingerprint density at radius 3 is 3.09 bits per heavy atom. The minimum Gasteiger partial charge on any atom is -0.421 e. The summed E-state index contributed by atoms with van der Waals surface area (Å²) in [4.78, 5) is 7.44. The maximum Gasteiger partial charge on any atom is 0.256 e. The first-order valence-electron chi connectivity index (χ1n) is 7.89. The molecule has 7 nitrogen and oxygen atoms in total. The number of amidine groups is 1. The molecule has 1 fully saturated rings. The molecule has 4 rings (SSSR count). The molecule has 0 atom stereocenters. The number of fused-ring (bicyclic) bond motifs is 1. The van der Waals surface area contributed by atoms with Crippen LogP contribution in [0, 0.1) is 0 Å². The van der Waals surface area contributed by atoms with Crippen molar-refractivity contribution < 1.29 is 9.25 Å². The molecule has 7 heteroatoms. The molecule has 1 aromatic heterocycles. The van der Waals surface area contributed by atoms with E-state index >= 15 is 0 Å². The SMILES string of the molecule is N/C(CN1CCc2ccccc21)=N/OCc1nnc(C2CC2)o1. The highest BCUT2D eigenvalue weighted by Gasteiger charge is 2.29. The molecule has 120 valence electrons. The molecule has 2 aliphatic rings. The van der Waals surface area contributed by atoms with Gasteiger partial charge in [0, 0.05) is 18.2 Å². The second-order valence-electron chi connectivity index (χ2n) is 5.96. The number of anilines is 1. The van der Waals surface area contributed by atoms with E-state index in [-0.39, 0.29) is 6.61 Å². The lowest BCUT2D eigenvalue weighted by Crippen LogP contribution is -2.32. The van der Waals surface area contributed by atoms with Gasteiger partial charge in [0.15, 0.2) is 12.4 Å². The van der Waals surface area contributed by atoms with E-state index in [0.29, 0.717) is 30.1 Å². The van der Waals surface area contributed by atoms with Crippen LogP contribution in [-0.4, -0.2) is 29.1 Å². The van der Waals surface area contributed by atoms with E-state index in [1.54, 1.807) is 0 Å². The third-order valence-corrected chi connectivity index (χ3v) is 4.12. The van der Waals surface area contributed by atoms with Crippen molar-refractivity contribution in [3.8, 4) is 0 Å². The number of nitrogens with zero attached hydrogens (tertiary/aromatic N) is 4. The molecule has 0 saturated heterocycles. The van der Waals surface area contributed by atoms with Crippen LogP contribution in [0.2, 0.25) is 0 Å². The molecule has 1 aliphatic carbocycles. The molecular weight excluding hydrogens is 294 g/mol. The highest BCUT2D eigenvalue weighted by atomic mass is 16.6. The normalized spacial score (nSPS) is 17.4. The zero-order chi connectivity index (χ0) is 15.6. The highest BCUT2D eigenvalue weighted by Crippen LogP contribution is 2.39. The number of benzene rings is 1. The van der Waals surface area contributed by atoms with E-state index in [0.717, 1.165) is 25.8 Å². The lowest BCUT2D eigenvalue weighted by molar-refractivity contribution is 0.109. The first-order chi connectivity index (χ1) is 11.3. The molecule has 2 N–H and O–H groups in total. The average Bonchev–Trinajstić information content (AvgIpc) is 3.18. The van der Waals surface area contributed by atoms with Crippen LogP contribution >= 0.6 is 0 Å². The summed E-state index contributed by atoms with van der Waals surface area (Å²) >= 11 is 0. The summed E-state index contributed by atoms with van der Waals surface area (Å²) < 4.78 is 5.50. The van der Waals surface area contributed by atoms with Gasteiger partial charge in [0.1, 0.15) is 0 Å². The van der Waals surface area contributed by atoms with Gasteiger partial charge in [0.2, 0.25) is 5.89 Å². The summed E-state index contributed by atoms with van der Waals surface area (Å²) in [7, 11) is 0. The van der Waals surface area contributed by atoms with E-state index in [1.807, 2.05) is 6.07 Å². The van der Waals surface area contributed by atoms with Gasteiger partial charge >= 0.3 is 0 Å². The molecule has 2 aromatic rings. The fourth-order valence-electron chi connectivity index (χ4n) is 2.79. The Balaban J connectivity index is 1.30. The summed E-state index contributed by atoms with van der Waals surface area (Å²) in [5.41, 5.74) is 8.52. The Bertz CT molecular complexity index is 723. The van der Waals surface area contributed by atoms with E-state index in [9.17, 15) is 0 Å². The number of oxime groups is 1. The van der Waals surface area contributed by atoms with Crippen LogP contribution in [0.4, 0.5) is 5.69 Å². The van der Waals surface area contributed by atoms with Crippen LogP contribution < -0.4 is 10.6 Å². The first kappa shape index (κ1) is 14.0. The van der Waals surface area contributed by atoms with Gasteiger partial charge in [0.05, 0.1) is 6.54 Å². The van der Waals surface area contributed by atoms with Crippen molar-refractivity contribution in [1.82, 2.24) is 10.2 Å². The maximum absolute atomic E-state index is 5.95. The topological polar surface area (TPSA) is 89.8 Å². The van der Waals surface area contributed by atoms with Crippen LogP contribution in [0.3, 0.4) is 0 Å². The van der Waals surface area contributed by atoms with Crippen LogP contribution in [0.5, 0.6) is 0 Å². The van der Waals surface area contributed by atoms with Crippen LogP contribution in [-0.2, 0) is 17.9 Å². The standard InChI is InChI=1S/C16H19N5O2/c17-14(9-21-8-7-11-3-1-2-4-13(11)21)20-22-10-15-18-19-16(23-15)12-5-6-12/h1-4,12H,5-10H2,(H2,17,20). The molecule has 0 radical (unpaired) electrons. The zero-order valence-electron chi connectivity index (χ0n) is 12.8. The van der Waals surface area contributed by atoms with Gasteiger partial charge in [-0.2, -0.15) is 0 Å². The number of rotatable bonds is 6. The summed E-state index contributed by atoms with van der Waals surface area (Å²) in [6, 6.07) is 8.34. The maximum atomic E-state index is 5.95. The lowest BCUT2D eigenvalue weighted by Gasteiger charge is -2.18. The second-order valence-corrected chi connectivity index (χ2v) is 5.96. The molecule has 0 amide bonds. The van der Waals surface area contributed by atoms with Gasteiger partial charge in [-0.15, -0.1) is 10.2 Å². The lowest BCUT2D eigenvalue weighted by atomic mass is 10.2. The fourth-order valence-corrected chi connectivity index (χ4v) is 2.79. The Hall–Kier alpha value is -2.57. The monoisotopic (exact) mass is 313 g/mol. The van der Waals surface area contributed by atoms with Crippen molar-refractivity contribution >= 4 is 11.5 Å². The first-order valence-corrected chi connectivity index (χ1v) is 7.89. The molecule has 2 heterocycles. The van der Waals surface area contributed by atoms with Crippen LogP contribution in [0.1, 0.15) is 36.1 Å². The summed E-state index contributed by atoms with van der Waals surface area (Å²) in [5.74, 6) is 2.02. The van der Waals surface area contributed by atoms with E-state index in [1.165, 1.54) is 11.3 Å². The quantitative estimate of drug-likeness (QED) is 0.497. The van der Waals surface area contributed by atoms with Gasteiger partial charge in [-0.05, 0) is 30.9 Å². The zero-order valence-corrected chi connectivity index (χ0v) is 12.8. The van der Waals surface area contributed by atoms with E-state index in [2.05, 4.69) is 38.5 Å². The molecule has 0 spiro atoms. The third kappa shape index (κ3) is 3.13. The Kier molecular flexibility index (Phi) is 3.61. The summed E-state index contributed by atoms with van der Waals surface area (Å²) in [6.45, 7) is 1.65. The minimum atomic E-state index is 0.150. The van der Waals surface area contributed by atoms with Gasteiger partial charge in [-0.1, -0.05) is 23.4 Å². The minimum absolute atomic E-state index is 0.150. The molecule has 23 heavy (non-hydrogen) atoms. The number of hydrogen-bond donors (Lipinski definition) is 1. The second kappa shape index (κ2) is 5.91. The van der Waals surface area contributed by atoms with Crippen molar-refractivity contribution in [2.45, 2.75) is 31.8 Å². The fraction of sp³-hybridized carbons (Fsp3) is 0.438. The average molecular weight is 313 g/mol. The van der Waals surface area contributed by atoms with Crippen molar-refractivity contribution in [3.63, 3.8) is 0 Å². The molecule has 0 bridgehead atoms. The van der Waals surface area contributed by atoms with Gasteiger partial charge in [-0.25, -0.2) is 0 Å². The van der Waals surface area contributed by atoms with E-state index < -0.39 is 0 Å². The number of hydrogen-bond acceptors (Lipinski definition) is 6. The largest absolute Gasteiger partial charge is 0.421 e. The van der Waals surface area contributed by atoms with Crippen LogP contribution in [0.25, 0.3) is 0 Å². The van der Waals surface area contributed by atoms with Crippen LogP contribution in [0.15, 0.2) is 33.8 Å². The van der Waals surface area contributed by atoms with Crippen molar-refractivity contribution in [2.75, 3.05) is 18.0 Å².